The van der Waals surface area contributed by atoms with E-state index in [1.54, 1.807) is 6.92 Å². The third-order valence-corrected chi connectivity index (χ3v) is 6.88. The molecule has 0 unspecified atom stereocenters. The molecule has 26 heavy (non-hydrogen) atoms. The maximum Gasteiger partial charge on any atom is 0.283 e. The summed E-state index contributed by atoms with van der Waals surface area (Å²) >= 11 is 5.78. The normalized spacial score (nSPS) is 12.2. The predicted molar refractivity (Wildman–Crippen MR) is 96.0 cm³/mol. The van der Waals surface area contributed by atoms with Crippen LogP contribution in [0.1, 0.15) is 16.1 Å². The largest absolute Gasteiger partial charge is 0.283 e. The van der Waals surface area contributed by atoms with Gasteiger partial charge in [0.05, 0.1) is 0 Å². The van der Waals surface area contributed by atoms with Gasteiger partial charge in [-0.15, -0.1) is 0 Å². The molecule has 0 aliphatic heterocycles. The number of halogens is 1. The molecule has 8 nitrogen and oxygen atoms in total. The number of nitrogens with one attached hydrogen (secondary N) is 1. The van der Waals surface area contributed by atoms with Crippen molar-refractivity contribution in [2.24, 2.45) is 0 Å². The van der Waals surface area contributed by atoms with E-state index >= 15 is 0 Å². The van der Waals surface area contributed by atoms with Crippen molar-refractivity contribution in [3.8, 4) is 0 Å². The fourth-order valence-corrected chi connectivity index (χ4v) is 4.98. The van der Waals surface area contributed by atoms with E-state index < -0.39 is 35.7 Å². The zero-order valence-electron chi connectivity index (χ0n) is 14.1. The summed E-state index contributed by atoms with van der Waals surface area (Å²) in [6.45, 7) is 1.66. The Labute approximate surface area is 156 Å². The van der Waals surface area contributed by atoms with Crippen LogP contribution in [0.2, 0.25) is 5.15 Å². The van der Waals surface area contributed by atoms with Gasteiger partial charge in [0.25, 0.3) is 15.9 Å². The number of pyridine rings is 1. The molecule has 11 heteroatoms. The van der Waals surface area contributed by atoms with Crippen LogP contribution in [0.25, 0.3) is 0 Å². The number of sulfonamides is 2. The lowest BCUT2D eigenvalue weighted by atomic mass is 10.2. The molecule has 0 fully saturated rings. The van der Waals surface area contributed by atoms with Gasteiger partial charge in [0.2, 0.25) is 10.0 Å². The summed E-state index contributed by atoms with van der Waals surface area (Å²) in [5.41, 5.74) is 0.412. The number of carbonyl (C=O) groups excluding carboxylic acids is 1. The molecule has 0 spiro atoms. The lowest BCUT2D eigenvalue weighted by Gasteiger charge is -2.15. The Balaban J connectivity index is 2.48. The molecule has 0 saturated carbocycles. The molecule has 0 saturated heterocycles. The summed E-state index contributed by atoms with van der Waals surface area (Å²) < 4.78 is 52.6. The van der Waals surface area contributed by atoms with Crippen molar-refractivity contribution in [1.82, 2.24) is 14.0 Å². The number of amides is 1. The van der Waals surface area contributed by atoms with Crippen LogP contribution in [-0.2, 0) is 20.0 Å². The van der Waals surface area contributed by atoms with Gasteiger partial charge in [0.15, 0.2) is 0 Å². The topological polar surface area (TPSA) is 114 Å². The molecule has 1 heterocycles. The summed E-state index contributed by atoms with van der Waals surface area (Å²) in [5, 5.41) is 0.0307. The zero-order valence-corrected chi connectivity index (χ0v) is 16.5. The smallest absolute Gasteiger partial charge is 0.266 e. The van der Waals surface area contributed by atoms with Crippen LogP contribution in [0.5, 0.6) is 0 Å². The molecule has 0 aliphatic carbocycles. The van der Waals surface area contributed by atoms with Crippen molar-refractivity contribution in [1.29, 1.82) is 0 Å². The quantitative estimate of drug-likeness (QED) is 0.736. The lowest BCUT2D eigenvalue weighted by Crippen LogP contribution is -2.33. The van der Waals surface area contributed by atoms with E-state index in [9.17, 15) is 21.6 Å². The van der Waals surface area contributed by atoms with Gasteiger partial charge in [-0.05, 0) is 36.8 Å². The van der Waals surface area contributed by atoms with Crippen LogP contribution in [-0.4, -0.2) is 46.1 Å². The van der Waals surface area contributed by atoms with E-state index in [0.29, 0.717) is 5.56 Å². The second-order valence-corrected chi connectivity index (χ2v) is 9.68. The zero-order chi connectivity index (χ0) is 19.7. The Morgan fingerprint density at radius 2 is 1.65 bits per heavy atom. The molecule has 2 aromatic rings. The Morgan fingerprint density at radius 1 is 1.08 bits per heavy atom. The van der Waals surface area contributed by atoms with Gasteiger partial charge < -0.3 is 0 Å². The fraction of sp³-hybridized carbons (Fsp3) is 0.200. The monoisotopic (exact) mass is 417 g/mol. The number of hydrogen-bond donors (Lipinski definition) is 1. The van der Waals surface area contributed by atoms with Crippen LogP contribution in [0.15, 0.2) is 46.2 Å². The summed E-state index contributed by atoms with van der Waals surface area (Å²) in [4.78, 5) is 15.1. The van der Waals surface area contributed by atoms with Crippen molar-refractivity contribution in [3.63, 3.8) is 0 Å². The highest BCUT2D eigenvalue weighted by atomic mass is 35.5. The van der Waals surface area contributed by atoms with E-state index in [0.717, 1.165) is 16.4 Å². The number of hydrogen-bond acceptors (Lipinski definition) is 6. The first kappa shape index (κ1) is 20.3. The van der Waals surface area contributed by atoms with E-state index in [1.165, 1.54) is 38.4 Å². The van der Waals surface area contributed by atoms with Crippen molar-refractivity contribution in [2.75, 3.05) is 14.1 Å². The van der Waals surface area contributed by atoms with E-state index in [1.807, 2.05) is 4.72 Å². The van der Waals surface area contributed by atoms with E-state index in [4.69, 9.17) is 11.6 Å². The van der Waals surface area contributed by atoms with Gasteiger partial charge in [-0.1, -0.05) is 23.7 Å². The highest BCUT2D eigenvalue weighted by molar-refractivity contribution is 7.92. The van der Waals surface area contributed by atoms with Gasteiger partial charge in [0, 0.05) is 14.1 Å². The fourth-order valence-electron chi connectivity index (χ4n) is 2.05. The highest BCUT2D eigenvalue weighted by Gasteiger charge is 2.29. The Morgan fingerprint density at radius 3 is 2.19 bits per heavy atom. The Bertz CT molecular complexity index is 1050. The molecule has 0 atom stereocenters. The molecule has 2 rings (SSSR count). The Hall–Kier alpha value is -2.01. The highest BCUT2D eigenvalue weighted by Crippen LogP contribution is 2.23. The first-order valence-corrected chi connectivity index (χ1v) is 10.5. The number of nitrogens with zero attached hydrogens (tertiary/aromatic N) is 2. The van der Waals surface area contributed by atoms with Crippen LogP contribution < -0.4 is 4.72 Å². The van der Waals surface area contributed by atoms with Crippen molar-refractivity contribution < 1.29 is 21.6 Å². The maximum absolute atomic E-state index is 12.6. The minimum Gasteiger partial charge on any atom is -0.266 e. The van der Waals surface area contributed by atoms with Crippen LogP contribution in [0.3, 0.4) is 0 Å². The summed E-state index contributed by atoms with van der Waals surface area (Å²) in [6, 6.07) is 7.86. The summed E-state index contributed by atoms with van der Waals surface area (Å²) in [6.07, 6.45) is 0. The molecule has 0 radical (unpaired) electrons. The molecule has 140 valence electrons. The van der Waals surface area contributed by atoms with Gasteiger partial charge in [0.1, 0.15) is 20.6 Å². The number of carbonyl (C=O) groups is 1. The Kier molecular flexibility index (Phi) is 5.71. The van der Waals surface area contributed by atoms with Gasteiger partial charge in [-0.25, -0.2) is 30.8 Å². The molecule has 1 amide bonds. The second kappa shape index (κ2) is 7.31. The van der Waals surface area contributed by atoms with Crippen molar-refractivity contribution in [2.45, 2.75) is 16.7 Å². The van der Waals surface area contributed by atoms with E-state index in [2.05, 4.69) is 4.98 Å². The third kappa shape index (κ3) is 4.21. The van der Waals surface area contributed by atoms with E-state index in [-0.39, 0.29) is 10.8 Å². The van der Waals surface area contributed by atoms with Crippen LogP contribution in [0, 0.1) is 6.92 Å². The van der Waals surface area contributed by atoms with Gasteiger partial charge in [-0.3, -0.25) is 4.79 Å². The standard InChI is InChI=1S/C15H16ClN3O5S2/c1-10-8-11(17-14(16)9-10)15(20)18-25(21,22)12-6-4-5-7-13(12)26(23,24)19(2)3/h4-9H,1-3H3,(H,18,20). The predicted octanol–water partition coefficient (Wildman–Crippen LogP) is 1.41. The average Bonchev–Trinajstić information content (AvgIpc) is 2.53. The third-order valence-electron chi connectivity index (χ3n) is 3.30. The molecular weight excluding hydrogens is 402 g/mol. The molecule has 0 aliphatic rings. The molecule has 1 aromatic carbocycles. The van der Waals surface area contributed by atoms with Crippen LogP contribution in [0.4, 0.5) is 0 Å². The number of aryl methyl sites for hydroxylation is 1. The van der Waals surface area contributed by atoms with Crippen molar-refractivity contribution in [3.05, 3.63) is 52.8 Å². The van der Waals surface area contributed by atoms with Gasteiger partial charge in [-0.2, -0.15) is 0 Å². The lowest BCUT2D eigenvalue weighted by molar-refractivity contribution is 0.0976. The maximum atomic E-state index is 12.6. The second-order valence-electron chi connectivity index (χ2n) is 5.52. The first-order chi connectivity index (χ1) is 11.9. The average molecular weight is 418 g/mol. The molecule has 0 bridgehead atoms. The minimum absolute atomic E-state index is 0.0307. The first-order valence-electron chi connectivity index (χ1n) is 7.18. The number of aromatic nitrogens is 1. The van der Waals surface area contributed by atoms with Crippen molar-refractivity contribution >= 4 is 37.6 Å². The molecule has 1 N–H and O–H groups in total. The van der Waals surface area contributed by atoms with Gasteiger partial charge >= 0.3 is 0 Å². The number of benzene rings is 1. The minimum atomic E-state index is -4.47. The summed E-state index contributed by atoms with van der Waals surface area (Å²) in [5.74, 6) is -1.02. The molecule has 1 aromatic heterocycles. The van der Waals surface area contributed by atoms with Crippen LogP contribution >= 0.6 is 11.6 Å². The molecular formula is C15H16ClN3O5S2. The SMILES string of the molecule is Cc1cc(Cl)nc(C(=O)NS(=O)(=O)c2ccccc2S(=O)(=O)N(C)C)c1. The number of rotatable bonds is 5. The summed E-state index contributed by atoms with van der Waals surface area (Å²) in [7, 11) is -5.96.